The van der Waals surface area contributed by atoms with E-state index >= 15 is 0 Å². The number of amides is 1. The lowest BCUT2D eigenvalue weighted by atomic mass is 10.1. The molecular weight excluding hydrogens is 192 g/mol. The first-order chi connectivity index (χ1) is 7.19. The van der Waals surface area contributed by atoms with Crippen molar-refractivity contribution in [2.45, 2.75) is 0 Å². The Morgan fingerprint density at radius 2 is 2.40 bits per heavy atom. The van der Waals surface area contributed by atoms with Gasteiger partial charge in [-0.1, -0.05) is 5.92 Å². The molecule has 4 heteroatoms. The first-order valence-corrected chi connectivity index (χ1v) is 4.34. The van der Waals surface area contributed by atoms with Crippen molar-refractivity contribution in [1.82, 2.24) is 5.32 Å². The number of rotatable bonds is 3. The average molecular weight is 204 g/mol. The number of hydrogen-bond donors (Lipinski definition) is 2. The molecule has 1 aromatic carbocycles. The third-order valence-electron chi connectivity index (χ3n) is 1.82. The summed E-state index contributed by atoms with van der Waals surface area (Å²) in [5, 5.41) is 2.55. The Kier molecular flexibility index (Phi) is 3.58. The molecule has 78 valence electrons. The molecule has 1 rings (SSSR count). The first-order valence-electron chi connectivity index (χ1n) is 4.34. The van der Waals surface area contributed by atoms with Crippen LogP contribution in [0.2, 0.25) is 0 Å². The topological polar surface area (TPSA) is 64.4 Å². The molecule has 0 unspecified atom stereocenters. The Morgan fingerprint density at radius 1 is 1.67 bits per heavy atom. The quantitative estimate of drug-likeness (QED) is 0.561. The molecular formula is C11H12N2O2. The Balaban J connectivity index is 2.93. The zero-order valence-electron chi connectivity index (χ0n) is 8.41. The zero-order chi connectivity index (χ0) is 11.3. The summed E-state index contributed by atoms with van der Waals surface area (Å²) >= 11 is 0. The maximum Gasteiger partial charge on any atom is 0.255 e. The van der Waals surface area contributed by atoms with E-state index in [2.05, 4.69) is 11.2 Å². The van der Waals surface area contributed by atoms with Crippen LogP contribution in [0.1, 0.15) is 10.4 Å². The fourth-order valence-corrected chi connectivity index (χ4v) is 1.12. The molecule has 4 nitrogen and oxygen atoms in total. The predicted octanol–water partition coefficient (Wildman–Crippen LogP) is 0.640. The summed E-state index contributed by atoms with van der Waals surface area (Å²) in [6, 6.07) is 4.82. The van der Waals surface area contributed by atoms with Gasteiger partial charge in [0.05, 0.1) is 19.2 Å². The Morgan fingerprint density at radius 3 is 3.00 bits per heavy atom. The molecule has 3 N–H and O–H groups in total. The number of carbonyl (C=O) groups is 1. The molecule has 15 heavy (non-hydrogen) atoms. The second kappa shape index (κ2) is 4.91. The van der Waals surface area contributed by atoms with Gasteiger partial charge >= 0.3 is 0 Å². The van der Waals surface area contributed by atoms with Gasteiger partial charge in [0.15, 0.2) is 0 Å². The van der Waals surface area contributed by atoms with Gasteiger partial charge in [-0.05, 0) is 12.1 Å². The monoisotopic (exact) mass is 204 g/mol. The third kappa shape index (κ3) is 2.64. The molecule has 0 aliphatic carbocycles. The van der Waals surface area contributed by atoms with Gasteiger partial charge in [-0.3, -0.25) is 4.79 Å². The van der Waals surface area contributed by atoms with E-state index in [1.807, 2.05) is 0 Å². The zero-order valence-corrected chi connectivity index (χ0v) is 8.41. The molecule has 0 saturated carbocycles. The van der Waals surface area contributed by atoms with E-state index < -0.39 is 0 Å². The highest BCUT2D eigenvalue weighted by molar-refractivity contribution is 5.97. The molecule has 0 bridgehead atoms. The van der Waals surface area contributed by atoms with Gasteiger partial charge in [-0.2, -0.15) is 0 Å². The van der Waals surface area contributed by atoms with Gasteiger partial charge in [-0.15, -0.1) is 6.42 Å². The SMILES string of the molecule is C#CCNC(=O)c1ccc(N)cc1OC. The molecule has 0 saturated heterocycles. The summed E-state index contributed by atoms with van der Waals surface area (Å²) in [4.78, 5) is 11.6. The van der Waals surface area contributed by atoms with Crippen LogP contribution in [0.15, 0.2) is 18.2 Å². The smallest absolute Gasteiger partial charge is 0.255 e. The normalized spacial score (nSPS) is 9.07. The van der Waals surface area contributed by atoms with Gasteiger partial charge in [0.1, 0.15) is 5.75 Å². The summed E-state index contributed by atoms with van der Waals surface area (Å²) in [7, 11) is 1.48. The van der Waals surface area contributed by atoms with E-state index in [0.29, 0.717) is 17.0 Å². The Hall–Kier alpha value is -2.15. The van der Waals surface area contributed by atoms with E-state index in [9.17, 15) is 4.79 Å². The number of carbonyl (C=O) groups excluding carboxylic acids is 1. The molecule has 1 amide bonds. The minimum atomic E-state index is -0.273. The molecule has 0 aliphatic heterocycles. The molecule has 0 radical (unpaired) electrons. The lowest BCUT2D eigenvalue weighted by Gasteiger charge is -2.08. The number of nitrogen functional groups attached to an aromatic ring is 1. The molecule has 0 atom stereocenters. The second-order valence-electron chi connectivity index (χ2n) is 2.85. The van der Waals surface area contributed by atoms with Crippen LogP contribution in [0, 0.1) is 12.3 Å². The van der Waals surface area contributed by atoms with Crippen LogP contribution in [0.3, 0.4) is 0 Å². The number of nitrogens with one attached hydrogen (secondary N) is 1. The summed E-state index contributed by atoms with van der Waals surface area (Å²) in [6.07, 6.45) is 5.03. The fourth-order valence-electron chi connectivity index (χ4n) is 1.12. The minimum Gasteiger partial charge on any atom is -0.496 e. The van der Waals surface area contributed by atoms with Crippen molar-refractivity contribution in [2.75, 3.05) is 19.4 Å². The molecule has 0 aromatic heterocycles. The molecule has 1 aromatic rings. The lowest BCUT2D eigenvalue weighted by Crippen LogP contribution is -2.24. The predicted molar refractivity (Wildman–Crippen MR) is 58.6 cm³/mol. The third-order valence-corrected chi connectivity index (χ3v) is 1.82. The Labute approximate surface area is 88.4 Å². The maximum absolute atomic E-state index is 11.6. The van der Waals surface area contributed by atoms with Crippen molar-refractivity contribution in [1.29, 1.82) is 0 Å². The largest absolute Gasteiger partial charge is 0.496 e. The highest BCUT2D eigenvalue weighted by Crippen LogP contribution is 2.21. The number of methoxy groups -OCH3 is 1. The maximum atomic E-state index is 11.6. The number of ether oxygens (including phenoxy) is 1. The van der Waals surface area contributed by atoms with Gasteiger partial charge < -0.3 is 15.8 Å². The highest BCUT2D eigenvalue weighted by atomic mass is 16.5. The van der Waals surface area contributed by atoms with Crippen LogP contribution in [-0.4, -0.2) is 19.6 Å². The van der Waals surface area contributed by atoms with Crippen LogP contribution in [0.25, 0.3) is 0 Å². The van der Waals surface area contributed by atoms with Crippen LogP contribution in [-0.2, 0) is 0 Å². The van der Waals surface area contributed by atoms with E-state index in [1.165, 1.54) is 7.11 Å². The van der Waals surface area contributed by atoms with E-state index in [1.54, 1.807) is 18.2 Å². The van der Waals surface area contributed by atoms with E-state index in [4.69, 9.17) is 16.9 Å². The number of terminal acetylenes is 1. The van der Waals surface area contributed by atoms with Crippen molar-refractivity contribution >= 4 is 11.6 Å². The number of nitrogens with two attached hydrogens (primary N) is 1. The van der Waals surface area contributed by atoms with Crippen LogP contribution < -0.4 is 15.8 Å². The van der Waals surface area contributed by atoms with Gasteiger partial charge in [0.25, 0.3) is 5.91 Å². The summed E-state index contributed by atoms with van der Waals surface area (Å²) in [6.45, 7) is 0.187. The second-order valence-corrected chi connectivity index (χ2v) is 2.85. The highest BCUT2D eigenvalue weighted by Gasteiger charge is 2.11. The molecule has 0 fully saturated rings. The summed E-state index contributed by atoms with van der Waals surface area (Å²) in [5.41, 5.74) is 6.52. The van der Waals surface area contributed by atoms with Crippen molar-refractivity contribution in [3.05, 3.63) is 23.8 Å². The standard InChI is InChI=1S/C11H12N2O2/c1-3-6-13-11(14)9-5-4-8(12)7-10(9)15-2/h1,4-5,7H,6,12H2,2H3,(H,13,14). The number of anilines is 1. The lowest BCUT2D eigenvalue weighted by molar-refractivity contribution is 0.0956. The van der Waals surface area contributed by atoms with Crippen molar-refractivity contribution in [3.63, 3.8) is 0 Å². The van der Waals surface area contributed by atoms with Crippen LogP contribution in [0.4, 0.5) is 5.69 Å². The van der Waals surface area contributed by atoms with Gasteiger partial charge in [0, 0.05) is 11.8 Å². The Bertz CT molecular complexity index is 408. The first kappa shape index (κ1) is 10.9. The van der Waals surface area contributed by atoms with Crippen LogP contribution >= 0.6 is 0 Å². The molecule has 0 aliphatic rings. The number of hydrogen-bond acceptors (Lipinski definition) is 3. The number of benzene rings is 1. The average Bonchev–Trinajstić information content (AvgIpc) is 2.25. The fraction of sp³-hybridized carbons (Fsp3) is 0.182. The minimum absolute atomic E-state index is 0.187. The molecule has 0 spiro atoms. The van der Waals surface area contributed by atoms with E-state index in [-0.39, 0.29) is 12.5 Å². The van der Waals surface area contributed by atoms with Gasteiger partial charge in [0.2, 0.25) is 0 Å². The van der Waals surface area contributed by atoms with Crippen molar-refractivity contribution in [2.24, 2.45) is 0 Å². The summed E-state index contributed by atoms with van der Waals surface area (Å²) in [5.74, 6) is 2.48. The molecule has 0 heterocycles. The van der Waals surface area contributed by atoms with Crippen LogP contribution in [0.5, 0.6) is 5.75 Å². The van der Waals surface area contributed by atoms with E-state index in [0.717, 1.165) is 0 Å². The van der Waals surface area contributed by atoms with Crippen molar-refractivity contribution < 1.29 is 9.53 Å². The van der Waals surface area contributed by atoms with Gasteiger partial charge in [-0.25, -0.2) is 0 Å². The summed E-state index contributed by atoms with van der Waals surface area (Å²) < 4.78 is 5.03. The van der Waals surface area contributed by atoms with Crippen molar-refractivity contribution in [3.8, 4) is 18.1 Å².